The van der Waals surface area contributed by atoms with Crippen LogP contribution in [0, 0.1) is 16.0 Å². The zero-order valence-corrected chi connectivity index (χ0v) is 17.0. The fraction of sp³-hybridized carbons (Fsp3) is 0.526. The van der Waals surface area contributed by atoms with Crippen LogP contribution >= 0.6 is 0 Å². The number of nitro groups is 1. The number of rotatable bonds is 6. The van der Waals surface area contributed by atoms with Gasteiger partial charge in [-0.05, 0) is 51.5 Å². The number of fused-ring (bicyclic) bond motifs is 1. The number of imide groups is 1. The van der Waals surface area contributed by atoms with Crippen molar-refractivity contribution in [2.24, 2.45) is 5.92 Å². The lowest BCUT2D eigenvalue weighted by atomic mass is 9.86. The second kappa shape index (κ2) is 8.46. The summed E-state index contributed by atoms with van der Waals surface area (Å²) in [5.41, 5.74) is -0.420. The van der Waals surface area contributed by atoms with E-state index in [4.69, 9.17) is 14.2 Å². The monoisotopic (exact) mass is 408 g/mol. The molecule has 0 N–H and O–H groups in total. The van der Waals surface area contributed by atoms with Gasteiger partial charge in [-0.3, -0.25) is 19.7 Å². The lowest BCUT2D eigenvalue weighted by molar-refractivity contribution is -0.486. The SMILES string of the molecule is CCOC(=O)C(C[N+](=O)[O-])C1C(=O)N(C(=O)OC(C)(C)C)c2ccc(OC)cc21. The van der Waals surface area contributed by atoms with E-state index in [-0.39, 0.29) is 17.9 Å². The molecule has 1 aromatic carbocycles. The van der Waals surface area contributed by atoms with Crippen LogP contribution in [0.2, 0.25) is 0 Å². The Balaban J connectivity index is 2.57. The molecule has 2 unspecified atom stereocenters. The number of ether oxygens (including phenoxy) is 3. The number of anilines is 1. The smallest absolute Gasteiger partial charge is 0.421 e. The van der Waals surface area contributed by atoms with Gasteiger partial charge in [-0.1, -0.05) is 0 Å². The first-order valence-electron chi connectivity index (χ1n) is 9.03. The summed E-state index contributed by atoms with van der Waals surface area (Å²) in [5.74, 6) is -3.99. The molecule has 1 aliphatic rings. The lowest BCUT2D eigenvalue weighted by Gasteiger charge is -2.24. The largest absolute Gasteiger partial charge is 0.497 e. The Hall–Kier alpha value is -3.17. The fourth-order valence-corrected chi connectivity index (χ4v) is 3.11. The number of methoxy groups -OCH3 is 1. The Kier molecular flexibility index (Phi) is 6.45. The lowest BCUT2D eigenvalue weighted by Crippen LogP contribution is -2.42. The number of carbonyl (C=O) groups is 3. The van der Waals surface area contributed by atoms with Crippen molar-refractivity contribution in [3.8, 4) is 5.75 Å². The van der Waals surface area contributed by atoms with Crippen LogP contribution in [0.15, 0.2) is 18.2 Å². The third-order valence-corrected chi connectivity index (χ3v) is 4.21. The van der Waals surface area contributed by atoms with Gasteiger partial charge in [0.2, 0.25) is 12.5 Å². The molecule has 0 spiro atoms. The first kappa shape index (κ1) is 22.1. The molecule has 0 aromatic heterocycles. The molecule has 0 saturated carbocycles. The van der Waals surface area contributed by atoms with E-state index in [9.17, 15) is 24.5 Å². The summed E-state index contributed by atoms with van der Waals surface area (Å²) in [5, 5.41) is 11.2. The van der Waals surface area contributed by atoms with Gasteiger partial charge in [-0.25, -0.2) is 9.69 Å². The van der Waals surface area contributed by atoms with Gasteiger partial charge in [0.05, 0.1) is 25.3 Å². The number of benzene rings is 1. The van der Waals surface area contributed by atoms with Gasteiger partial charge in [-0.2, -0.15) is 0 Å². The molecule has 0 aliphatic carbocycles. The molecule has 2 atom stereocenters. The van der Waals surface area contributed by atoms with Crippen molar-refractivity contribution < 1.29 is 33.5 Å². The average molecular weight is 408 g/mol. The molecule has 10 heteroatoms. The molecule has 29 heavy (non-hydrogen) atoms. The van der Waals surface area contributed by atoms with Crippen molar-refractivity contribution in [3.05, 3.63) is 33.9 Å². The summed E-state index contributed by atoms with van der Waals surface area (Å²) in [7, 11) is 1.42. The standard InChI is InChI=1S/C19H24N2O8/c1-6-28-17(23)13(10-20(25)26)15-12-9-11(27-5)7-8-14(12)21(16(15)22)18(24)29-19(2,3)4/h7-9,13,15H,6,10H2,1-5H3. The summed E-state index contributed by atoms with van der Waals surface area (Å²) in [6, 6.07) is 4.50. The molecule has 0 saturated heterocycles. The number of hydrogen-bond donors (Lipinski definition) is 0. The van der Waals surface area contributed by atoms with Crippen molar-refractivity contribution in [1.82, 2.24) is 0 Å². The zero-order valence-electron chi connectivity index (χ0n) is 17.0. The molecule has 158 valence electrons. The van der Waals surface area contributed by atoms with Crippen molar-refractivity contribution in [1.29, 1.82) is 0 Å². The maximum atomic E-state index is 13.2. The average Bonchev–Trinajstić information content (AvgIpc) is 2.89. The van der Waals surface area contributed by atoms with Crippen LogP contribution in [-0.2, 0) is 19.1 Å². The third-order valence-electron chi connectivity index (χ3n) is 4.21. The van der Waals surface area contributed by atoms with Crippen LogP contribution in [0.4, 0.5) is 10.5 Å². The van der Waals surface area contributed by atoms with Crippen LogP contribution in [0.5, 0.6) is 5.75 Å². The Morgan fingerprint density at radius 1 is 1.31 bits per heavy atom. The maximum absolute atomic E-state index is 13.2. The van der Waals surface area contributed by atoms with Crippen molar-refractivity contribution >= 4 is 23.7 Å². The van der Waals surface area contributed by atoms with Crippen LogP contribution in [0.1, 0.15) is 39.2 Å². The molecule has 0 bridgehead atoms. The third kappa shape index (κ3) is 4.82. The van der Waals surface area contributed by atoms with E-state index in [0.717, 1.165) is 4.90 Å². The Bertz CT molecular complexity index is 830. The molecular weight excluding hydrogens is 384 g/mol. The normalized spacial score (nSPS) is 16.8. The van der Waals surface area contributed by atoms with Crippen molar-refractivity contribution in [3.63, 3.8) is 0 Å². The molecule has 10 nitrogen and oxygen atoms in total. The highest BCUT2D eigenvalue weighted by molar-refractivity contribution is 6.20. The minimum absolute atomic E-state index is 0.00525. The molecule has 2 amide bonds. The van der Waals surface area contributed by atoms with E-state index in [1.54, 1.807) is 33.8 Å². The Morgan fingerprint density at radius 2 is 1.97 bits per heavy atom. The summed E-state index contributed by atoms with van der Waals surface area (Å²) < 4.78 is 15.4. The topological polar surface area (TPSA) is 125 Å². The van der Waals surface area contributed by atoms with E-state index in [0.29, 0.717) is 5.75 Å². The van der Waals surface area contributed by atoms with Crippen LogP contribution in [0.3, 0.4) is 0 Å². The zero-order chi connectivity index (χ0) is 21.9. The molecule has 0 radical (unpaired) electrons. The highest BCUT2D eigenvalue weighted by Crippen LogP contribution is 2.44. The molecule has 0 fully saturated rings. The summed E-state index contributed by atoms with van der Waals surface area (Å²) in [6.07, 6.45) is -0.930. The second-order valence-electron chi connectivity index (χ2n) is 7.43. The van der Waals surface area contributed by atoms with Gasteiger partial charge in [0, 0.05) is 4.92 Å². The highest BCUT2D eigenvalue weighted by atomic mass is 16.6. The molecule has 2 rings (SSSR count). The number of nitrogens with zero attached hydrogens (tertiary/aromatic N) is 2. The van der Waals surface area contributed by atoms with Gasteiger partial charge in [0.1, 0.15) is 17.3 Å². The second-order valence-corrected chi connectivity index (χ2v) is 7.43. The van der Waals surface area contributed by atoms with Crippen LogP contribution < -0.4 is 9.64 Å². The van der Waals surface area contributed by atoms with Crippen molar-refractivity contribution in [2.75, 3.05) is 25.2 Å². The molecule has 1 aromatic rings. The van der Waals surface area contributed by atoms with Crippen molar-refractivity contribution in [2.45, 2.75) is 39.2 Å². The number of amides is 2. The van der Waals surface area contributed by atoms with E-state index in [1.807, 2.05) is 0 Å². The van der Waals surface area contributed by atoms with Gasteiger partial charge in [-0.15, -0.1) is 0 Å². The van der Waals surface area contributed by atoms with Gasteiger partial charge < -0.3 is 14.2 Å². The molecule has 1 heterocycles. The number of esters is 1. The van der Waals surface area contributed by atoms with Gasteiger partial charge in [0.25, 0.3) is 0 Å². The van der Waals surface area contributed by atoms with Gasteiger partial charge in [0.15, 0.2) is 0 Å². The Labute approximate surface area is 167 Å². The predicted molar refractivity (Wildman–Crippen MR) is 101 cm³/mol. The maximum Gasteiger partial charge on any atom is 0.421 e. The first-order valence-corrected chi connectivity index (χ1v) is 9.03. The highest BCUT2D eigenvalue weighted by Gasteiger charge is 2.50. The van der Waals surface area contributed by atoms with Crippen LogP contribution in [-0.4, -0.2) is 48.8 Å². The first-order chi connectivity index (χ1) is 13.5. The minimum atomic E-state index is -1.41. The minimum Gasteiger partial charge on any atom is -0.497 e. The van der Waals surface area contributed by atoms with E-state index in [2.05, 4.69) is 0 Å². The summed E-state index contributed by atoms with van der Waals surface area (Å²) >= 11 is 0. The molecule has 1 aliphatic heterocycles. The Morgan fingerprint density at radius 3 is 2.48 bits per heavy atom. The van der Waals surface area contributed by atoms with E-state index < -0.39 is 46.9 Å². The summed E-state index contributed by atoms with van der Waals surface area (Å²) in [4.78, 5) is 49.6. The van der Waals surface area contributed by atoms with Gasteiger partial charge >= 0.3 is 12.1 Å². The van der Waals surface area contributed by atoms with E-state index >= 15 is 0 Å². The summed E-state index contributed by atoms with van der Waals surface area (Å²) in [6.45, 7) is 5.66. The quantitative estimate of drug-likeness (QED) is 0.399. The number of hydrogen-bond acceptors (Lipinski definition) is 8. The fourth-order valence-electron chi connectivity index (χ4n) is 3.11. The molecular formula is C19H24N2O8. The predicted octanol–water partition coefficient (Wildman–Crippen LogP) is 2.52. The van der Waals surface area contributed by atoms with Crippen LogP contribution in [0.25, 0.3) is 0 Å². The number of carbonyl (C=O) groups excluding carboxylic acids is 3. The van der Waals surface area contributed by atoms with E-state index in [1.165, 1.54) is 19.2 Å².